The Morgan fingerprint density at radius 1 is 0.337 bits per heavy atom. The molecule has 0 aromatic rings. The van der Waals surface area contributed by atoms with E-state index in [1.807, 2.05) is 0 Å². The first-order chi connectivity index (χ1) is 41.4. The molecule has 0 aliphatic heterocycles. The SMILES string of the molecule is CCCCCCCCCCCC(=O)O[C@H](COC(=O)CCCCCCC)COP(=O)(O)OC[C@H](O)COP(=O)(O)OC[C@@H](COC(=O)CCCCCCCCCCCCC(C)CC)OC(=O)CCCCCCCCCCCCCCCCCC(C)C. The van der Waals surface area contributed by atoms with Crippen molar-refractivity contribution >= 4 is 39.5 Å². The molecule has 17 nitrogen and oxygen atoms in total. The smallest absolute Gasteiger partial charge is 0.462 e. The lowest BCUT2D eigenvalue weighted by Crippen LogP contribution is -2.30. The van der Waals surface area contributed by atoms with Gasteiger partial charge in [0.15, 0.2) is 12.2 Å². The van der Waals surface area contributed by atoms with Crippen LogP contribution in [0.5, 0.6) is 0 Å². The summed E-state index contributed by atoms with van der Waals surface area (Å²) in [5.41, 5.74) is 0. The van der Waals surface area contributed by atoms with Crippen LogP contribution in [0.4, 0.5) is 0 Å². The first kappa shape index (κ1) is 84.1. The minimum Gasteiger partial charge on any atom is -0.462 e. The van der Waals surface area contributed by atoms with Gasteiger partial charge in [-0.1, -0.05) is 286 Å². The molecule has 0 amide bonds. The predicted octanol–water partition coefficient (Wildman–Crippen LogP) is 18.8. The van der Waals surface area contributed by atoms with E-state index in [1.54, 1.807) is 0 Å². The number of phosphoric ester groups is 2. The fourth-order valence-electron chi connectivity index (χ4n) is 10.0. The van der Waals surface area contributed by atoms with Crippen molar-refractivity contribution in [1.29, 1.82) is 0 Å². The molecule has 0 heterocycles. The van der Waals surface area contributed by atoms with Crippen molar-refractivity contribution in [3.63, 3.8) is 0 Å². The maximum absolute atomic E-state index is 13.0. The molecule has 0 saturated heterocycles. The number of rotatable bonds is 66. The molecule has 86 heavy (non-hydrogen) atoms. The van der Waals surface area contributed by atoms with E-state index in [4.69, 9.17) is 37.0 Å². The molecule has 0 fully saturated rings. The lowest BCUT2D eigenvalue weighted by Gasteiger charge is -2.21. The van der Waals surface area contributed by atoms with Crippen LogP contribution in [0.3, 0.4) is 0 Å². The van der Waals surface area contributed by atoms with Gasteiger partial charge in [0.2, 0.25) is 0 Å². The molecule has 0 aliphatic carbocycles. The molecular weight excluding hydrogens is 1140 g/mol. The second kappa shape index (κ2) is 59.4. The third kappa shape index (κ3) is 59.7. The minimum atomic E-state index is -4.95. The van der Waals surface area contributed by atoms with Crippen molar-refractivity contribution in [2.75, 3.05) is 39.6 Å². The van der Waals surface area contributed by atoms with Crippen LogP contribution in [0, 0.1) is 11.8 Å². The zero-order chi connectivity index (χ0) is 63.6. The topological polar surface area (TPSA) is 237 Å². The Balaban J connectivity index is 5.15. The number of esters is 4. The standard InChI is InChI=1S/C67H130O17P2/c1-7-10-12-14-15-25-33-39-45-51-66(71)83-62(55-77-64(69)49-43-35-13-11-8-2)57-81-85(73,74)79-53-61(68)54-80-86(75,76)82-58-63(56-78-65(70)50-44-38-32-28-24-23-27-31-37-42-48-60(6)9-3)84-67(72)52-46-40-34-29-22-20-18-16-17-19-21-26-30-36-41-47-59(4)5/h59-63,68H,7-58H2,1-6H3,(H,73,74)(H,75,76)/t60?,61-,62+,63+/m0/s1. The Labute approximate surface area is 524 Å². The van der Waals surface area contributed by atoms with Crippen LogP contribution >= 0.6 is 15.6 Å². The fraction of sp³-hybridized carbons (Fsp3) is 0.940. The molecule has 0 rings (SSSR count). The number of unbranched alkanes of at least 4 members (excludes halogenated alkanes) is 35. The number of hydrogen-bond acceptors (Lipinski definition) is 15. The first-order valence-electron chi connectivity index (χ1n) is 35.0. The van der Waals surface area contributed by atoms with Gasteiger partial charge in [0.05, 0.1) is 26.4 Å². The Bertz CT molecular complexity index is 1690. The van der Waals surface area contributed by atoms with Gasteiger partial charge >= 0.3 is 39.5 Å². The Hall–Kier alpha value is -1.94. The summed E-state index contributed by atoms with van der Waals surface area (Å²) in [4.78, 5) is 72.1. The molecular formula is C67H130O17P2. The Morgan fingerprint density at radius 3 is 0.884 bits per heavy atom. The lowest BCUT2D eigenvalue weighted by atomic mass is 9.99. The van der Waals surface area contributed by atoms with Crippen molar-refractivity contribution in [2.24, 2.45) is 11.8 Å². The molecule has 0 saturated carbocycles. The summed E-state index contributed by atoms with van der Waals surface area (Å²) in [6, 6.07) is 0. The van der Waals surface area contributed by atoms with E-state index in [0.29, 0.717) is 25.7 Å². The Kier molecular flexibility index (Phi) is 58.0. The monoisotopic (exact) mass is 1270 g/mol. The van der Waals surface area contributed by atoms with Gasteiger partial charge in [-0.2, -0.15) is 0 Å². The highest BCUT2D eigenvalue weighted by atomic mass is 31.2. The summed E-state index contributed by atoms with van der Waals surface area (Å²) in [5.74, 6) is -0.529. The largest absolute Gasteiger partial charge is 0.472 e. The van der Waals surface area contributed by atoms with E-state index < -0.39 is 97.5 Å². The number of phosphoric acid groups is 2. The van der Waals surface area contributed by atoms with Gasteiger partial charge in [-0.15, -0.1) is 0 Å². The van der Waals surface area contributed by atoms with Crippen LogP contribution in [0.25, 0.3) is 0 Å². The number of ether oxygens (including phenoxy) is 4. The fourth-order valence-corrected chi connectivity index (χ4v) is 11.6. The quantitative estimate of drug-likeness (QED) is 0.0222. The van der Waals surface area contributed by atoms with Crippen molar-refractivity contribution in [2.45, 2.75) is 355 Å². The number of aliphatic hydroxyl groups is 1. The van der Waals surface area contributed by atoms with Gasteiger partial charge in [-0.05, 0) is 37.5 Å². The van der Waals surface area contributed by atoms with Crippen LogP contribution in [0.1, 0.15) is 337 Å². The van der Waals surface area contributed by atoms with E-state index in [0.717, 1.165) is 108 Å². The minimum absolute atomic E-state index is 0.105. The average Bonchev–Trinajstić information content (AvgIpc) is 3.50. The van der Waals surface area contributed by atoms with Crippen LogP contribution in [0.2, 0.25) is 0 Å². The summed E-state index contributed by atoms with van der Waals surface area (Å²) in [7, 11) is -9.88. The average molecular weight is 1270 g/mol. The molecule has 6 atom stereocenters. The molecule has 0 aromatic heterocycles. The van der Waals surface area contributed by atoms with Crippen LogP contribution in [0.15, 0.2) is 0 Å². The molecule has 0 aromatic carbocycles. The van der Waals surface area contributed by atoms with Gasteiger partial charge in [0.1, 0.15) is 19.3 Å². The second-order valence-electron chi connectivity index (χ2n) is 24.9. The summed E-state index contributed by atoms with van der Waals surface area (Å²) in [6.45, 7) is 9.47. The van der Waals surface area contributed by atoms with Crippen molar-refractivity contribution in [3.05, 3.63) is 0 Å². The molecule has 0 aliphatic rings. The van der Waals surface area contributed by atoms with Crippen LogP contribution < -0.4 is 0 Å². The molecule has 3 N–H and O–H groups in total. The lowest BCUT2D eigenvalue weighted by molar-refractivity contribution is -0.161. The first-order valence-corrected chi connectivity index (χ1v) is 38.0. The molecule has 510 valence electrons. The van der Waals surface area contributed by atoms with Gasteiger partial charge in [0.25, 0.3) is 0 Å². The number of hydrogen-bond donors (Lipinski definition) is 3. The van der Waals surface area contributed by atoms with E-state index in [9.17, 15) is 43.2 Å². The molecule has 0 spiro atoms. The van der Waals surface area contributed by atoms with Gasteiger partial charge < -0.3 is 33.8 Å². The summed E-state index contributed by atoms with van der Waals surface area (Å²) >= 11 is 0. The third-order valence-electron chi connectivity index (χ3n) is 15.8. The molecule has 0 radical (unpaired) electrons. The summed E-state index contributed by atoms with van der Waals surface area (Å²) < 4.78 is 67.9. The van der Waals surface area contributed by atoms with Crippen LogP contribution in [-0.4, -0.2) is 96.7 Å². The maximum Gasteiger partial charge on any atom is 0.472 e. The zero-order valence-corrected chi connectivity index (χ0v) is 57.4. The van der Waals surface area contributed by atoms with Gasteiger partial charge in [0, 0.05) is 25.7 Å². The Morgan fingerprint density at radius 2 is 0.593 bits per heavy atom. The molecule has 3 unspecified atom stereocenters. The molecule has 0 bridgehead atoms. The highest BCUT2D eigenvalue weighted by molar-refractivity contribution is 7.47. The molecule has 19 heteroatoms. The zero-order valence-electron chi connectivity index (χ0n) is 55.6. The van der Waals surface area contributed by atoms with E-state index >= 15 is 0 Å². The second-order valence-corrected chi connectivity index (χ2v) is 27.8. The summed E-state index contributed by atoms with van der Waals surface area (Å²) in [5, 5.41) is 10.5. The number of carbonyl (C=O) groups excluding carboxylic acids is 4. The highest BCUT2D eigenvalue weighted by Crippen LogP contribution is 2.45. The van der Waals surface area contributed by atoms with Crippen molar-refractivity contribution < 1.29 is 80.2 Å². The predicted molar refractivity (Wildman–Crippen MR) is 345 cm³/mol. The van der Waals surface area contributed by atoms with Gasteiger partial charge in [-0.25, -0.2) is 9.13 Å². The van der Waals surface area contributed by atoms with E-state index in [-0.39, 0.29) is 25.7 Å². The number of aliphatic hydroxyl groups excluding tert-OH is 1. The third-order valence-corrected chi connectivity index (χ3v) is 17.7. The van der Waals surface area contributed by atoms with Crippen LogP contribution in [-0.2, 0) is 65.4 Å². The van der Waals surface area contributed by atoms with Crippen molar-refractivity contribution in [3.8, 4) is 0 Å². The summed E-state index contributed by atoms with van der Waals surface area (Å²) in [6.07, 6.45) is 43.4. The number of carbonyl (C=O) groups is 4. The van der Waals surface area contributed by atoms with Crippen molar-refractivity contribution in [1.82, 2.24) is 0 Å². The maximum atomic E-state index is 13.0. The van der Waals surface area contributed by atoms with E-state index in [2.05, 4.69) is 41.5 Å². The highest BCUT2D eigenvalue weighted by Gasteiger charge is 2.30. The van der Waals surface area contributed by atoms with Gasteiger partial charge in [-0.3, -0.25) is 37.3 Å². The normalized spacial score (nSPS) is 14.5. The van der Waals surface area contributed by atoms with E-state index in [1.165, 1.54) is 148 Å².